The van der Waals surface area contributed by atoms with E-state index >= 15 is 0 Å². The Morgan fingerprint density at radius 1 is 1.03 bits per heavy atom. The second-order valence-corrected chi connectivity index (χ2v) is 10.9. The number of esters is 1. The fourth-order valence-electron chi connectivity index (χ4n) is 4.89. The molecule has 5 heteroatoms. The van der Waals surface area contributed by atoms with Gasteiger partial charge in [0.1, 0.15) is 5.60 Å². The van der Waals surface area contributed by atoms with E-state index in [1.165, 1.54) is 25.7 Å². The lowest BCUT2D eigenvalue weighted by molar-refractivity contribution is -0.167. The number of carbonyl (C=O) groups excluding carboxylic acids is 2. The van der Waals surface area contributed by atoms with Crippen LogP contribution in [0.25, 0.3) is 0 Å². The van der Waals surface area contributed by atoms with E-state index in [1.54, 1.807) is 0 Å². The van der Waals surface area contributed by atoms with Crippen LogP contribution in [0.2, 0.25) is 0 Å². The second-order valence-electron chi connectivity index (χ2n) is 10.9. The van der Waals surface area contributed by atoms with Gasteiger partial charge < -0.3 is 4.74 Å². The van der Waals surface area contributed by atoms with Crippen molar-refractivity contribution in [3.63, 3.8) is 0 Å². The summed E-state index contributed by atoms with van der Waals surface area (Å²) in [5, 5.41) is 0. The van der Waals surface area contributed by atoms with E-state index in [1.807, 2.05) is 20.8 Å². The van der Waals surface area contributed by atoms with Gasteiger partial charge >= 0.3 is 5.97 Å². The van der Waals surface area contributed by atoms with Crippen LogP contribution in [-0.4, -0.2) is 17.5 Å². The standard InChI is InChI=1S/C24H46N2O3/c1-16(2)14-19(13-12-18-10-8-9-11-18)21(23(28)29-24(5,6)7)20(15-17(3)4)22(27)26-25/h16-21H,8-15,25H2,1-7H3,(H,26,27)/t19?,20-,21+/m1/s1. The van der Waals surface area contributed by atoms with Crippen molar-refractivity contribution < 1.29 is 14.3 Å². The Bertz CT molecular complexity index is 505. The van der Waals surface area contributed by atoms with Crippen molar-refractivity contribution in [2.24, 2.45) is 41.4 Å². The monoisotopic (exact) mass is 410 g/mol. The molecule has 170 valence electrons. The Morgan fingerprint density at radius 2 is 1.59 bits per heavy atom. The van der Waals surface area contributed by atoms with E-state index in [4.69, 9.17) is 10.6 Å². The molecule has 5 nitrogen and oxygen atoms in total. The highest BCUT2D eigenvalue weighted by molar-refractivity contribution is 5.85. The van der Waals surface area contributed by atoms with Gasteiger partial charge in [0.2, 0.25) is 5.91 Å². The van der Waals surface area contributed by atoms with Gasteiger partial charge in [-0.05, 0) is 63.7 Å². The molecule has 0 saturated heterocycles. The molecule has 1 fully saturated rings. The van der Waals surface area contributed by atoms with E-state index in [0.717, 1.165) is 25.2 Å². The van der Waals surface area contributed by atoms with Crippen molar-refractivity contribution >= 4 is 11.9 Å². The molecule has 0 aromatic heterocycles. The van der Waals surface area contributed by atoms with Crippen molar-refractivity contribution in [1.82, 2.24) is 5.43 Å². The number of amides is 1. The Labute approximate surface area is 178 Å². The highest BCUT2D eigenvalue weighted by Gasteiger charge is 2.42. The molecule has 0 aromatic rings. The molecule has 1 aliphatic carbocycles. The molecular formula is C24H46N2O3. The van der Waals surface area contributed by atoms with E-state index in [0.29, 0.717) is 12.3 Å². The zero-order valence-electron chi connectivity index (χ0n) is 19.9. The van der Waals surface area contributed by atoms with E-state index < -0.39 is 17.4 Å². The predicted molar refractivity (Wildman–Crippen MR) is 119 cm³/mol. The van der Waals surface area contributed by atoms with Crippen molar-refractivity contribution in [2.75, 3.05) is 0 Å². The van der Waals surface area contributed by atoms with Gasteiger partial charge in [0.25, 0.3) is 0 Å². The molecular weight excluding hydrogens is 364 g/mol. The van der Waals surface area contributed by atoms with Crippen LogP contribution in [0, 0.1) is 35.5 Å². The third-order valence-electron chi connectivity index (χ3n) is 6.02. The summed E-state index contributed by atoms with van der Waals surface area (Å²) in [6, 6.07) is 0. The number of nitrogens with two attached hydrogens (primary N) is 1. The molecule has 0 aromatic carbocycles. The molecule has 1 saturated carbocycles. The van der Waals surface area contributed by atoms with Crippen molar-refractivity contribution in [3.05, 3.63) is 0 Å². The number of ether oxygens (including phenoxy) is 1. The highest BCUT2D eigenvalue weighted by atomic mass is 16.6. The molecule has 3 N–H and O–H groups in total. The number of hydrogen-bond donors (Lipinski definition) is 2. The lowest BCUT2D eigenvalue weighted by Crippen LogP contribution is -2.46. The fraction of sp³-hybridized carbons (Fsp3) is 0.917. The summed E-state index contributed by atoms with van der Waals surface area (Å²) in [6.45, 7) is 14.2. The number of hydrogen-bond acceptors (Lipinski definition) is 4. The topological polar surface area (TPSA) is 81.4 Å². The Kier molecular flexibility index (Phi) is 10.7. The van der Waals surface area contributed by atoms with Gasteiger partial charge in [-0.2, -0.15) is 0 Å². The van der Waals surface area contributed by atoms with Crippen molar-refractivity contribution in [3.8, 4) is 0 Å². The molecule has 0 heterocycles. The maximum absolute atomic E-state index is 13.4. The summed E-state index contributed by atoms with van der Waals surface area (Å²) in [5.74, 6) is 5.77. The Hall–Kier alpha value is -1.10. The molecule has 1 unspecified atom stereocenters. The second kappa shape index (κ2) is 11.9. The number of rotatable bonds is 11. The largest absolute Gasteiger partial charge is 0.460 e. The Balaban J connectivity index is 3.20. The molecule has 0 radical (unpaired) electrons. The van der Waals surface area contributed by atoms with Crippen LogP contribution in [0.15, 0.2) is 0 Å². The smallest absolute Gasteiger partial charge is 0.310 e. The molecule has 0 spiro atoms. The third-order valence-corrected chi connectivity index (χ3v) is 6.02. The molecule has 1 rings (SSSR count). The first-order valence-electron chi connectivity index (χ1n) is 11.7. The molecule has 29 heavy (non-hydrogen) atoms. The summed E-state index contributed by atoms with van der Waals surface area (Å²) in [4.78, 5) is 26.1. The predicted octanol–water partition coefficient (Wildman–Crippen LogP) is 5.23. The van der Waals surface area contributed by atoms with Gasteiger partial charge in [0.15, 0.2) is 0 Å². The molecule has 0 aliphatic heterocycles. The van der Waals surface area contributed by atoms with Crippen LogP contribution >= 0.6 is 0 Å². The van der Waals surface area contributed by atoms with Gasteiger partial charge in [0, 0.05) is 0 Å². The quantitative estimate of drug-likeness (QED) is 0.211. The van der Waals surface area contributed by atoms with Gasteiger partial charge in [-0.1, -0.05) is 59.8 Å². The van der Waals surface area contributed by atoms with Gasteiger partial charge in [0.05, 0.1) is 11.8 Å². The van der Waals surface area contributed by atoms with E-state index in [2.05, 4.69) is 33.1 Å². The number of hydrazine groups is 1. The van der Waals surface area contributed by atoms with Gasteiger partial charge in [-0.25, -0.2) is 5.84 Å². The van der Waals surface area contributed by atoms with Crippen LogP contribution in [0.3, 0.4) is 0 Å². The summed E-state index contributed by atoms with van der Waals surface area (Å²) in [6.07, 6.45) is 8.89. The summed E-state index contributed by atoms with van der Waals surface area (Å²) < 4.78 is 5.83. The zero-order valence-corrected chi connectivity index (χ0v) is 19.9. The average molecular weight is 411 g/mol. The van der Waals surface area contributed by atoms with Crippen molar-refractivity contribution in [1.29, 1.82) is 0 Å². The zero-order chi connectivity index (χ0) is 22.2. The molecule has 1 aliphatic rings. The van der Waals surface area contributed by atoms with E-state index in [9.17, 15) is 9.59 Å². The summed E-state index contributed by atoms with van der Waals surface area (Å²) in [5.41, 5.74) is 1.75. The first-order chi connectivity index (χ1) is 13.4. The van der Waals surface area contributed by atoms with E-state index in [-0.39, 0.29) is 23.7 Å². The van der Waals surface area contributed by atoms with Gasteiger partial charge in [-0.3, -0.25) is 15.0 Å². The maximum Gasteiger partial charge on any atom is 0.310 e. The van der Waals surface area contributed by atoms with Crippen LogP contribution in [0.1, 0.15) is 99.8 Å². The van der Waals surface area contributed by atoms with Crippen LogP contribution in [0.4, 0.5) is 0 Å². The van der Waals surface area contributed by atoms with Gasteiger partial charge in [-0.15, -0.1) is 0 Å². The summed E-state index contributed by atoms with van der Waals surface area (Å²) >= 11 is 0. The maximum atomic E-state index is 13.4. The molecule has 1 amide bonds. The van der Waals surface area contributed by atoms with Crippen molar-refractivity contribution in [2.45, 2.75) is 105 Å². The number of carbonyl (C=O) groups is 2. The SMILES string of the molecule is CC(C)CC(CCC1CCCC1)[C@H](C(=O)OC(C)(C)C)[C@@H](CC(C)C)C(=O)NN. The minimum Gasteiger partial charge on any atom is -0.460 e. The molecule has 3 atom stereocenters. The lowest BCUT2D eigenvalue weighted by Gasteiger charge is -2.35. The number of nitrogens with one attached hydrogen (secondary N) is 1. The van der Waals surface area contributed by atoms with Crippen LogP contribution < -0.4 is 11.3 Å². The van der Waals surface area contributed by atoms with Crippen LogP contribution in [-0.2, 0) is 14.3 Å². The first kappa shape index (κ1) is 25.9. The minimum atomic E-state index is -0.579. The Morgan fingerprint density at radius 3 is 2.03 bits per heavy atom. The van der Waals surface area contributed by atoms with Crippen LogP contribution in [0.5, 0.6) is 0 Å². The minimum absolute atomic E-state index is 0.131. The first-order valence-corrected chi connectivity index (χ1v) is 11.7. The average Bonchev–Trinajstić information content (AvgIpc) is 3.09. The lowest BCUT2D eigenvalue weighted by atomic mass is 9.72. The fourth-order valence-corrected chi connectivity index (χ4v) is 4.89. The summed E-state index contributed by atoms with van der Waals surface area (Å²) in [7, 11) is 0. The highest BCUT2D eigenvalue weighted by Crippen LogP contribution is 2.38. The third kappa shape index (κ3) is 9.50. The molecule has 0 bridgehead atoms. The normalized spacial score (nSPS) is 18.7.